The number of hydrogen-bond donors (Lipinski definition) is 1. The van der Waals surface area contributed by atoms with Crippen LogP contribution in [0, 0.1) is 0 Å². The minimum atomic E-state index is -0.168. The lowest BCUT2D eigenvalue weighted by Crippen LogP contribution is -3.12. The number of nitrogens with one attached hydrogen (secondary N) is 1. The van der Waals surface area contributed by atoms with E-state index in [9.17, 15) is 4.79 Å². The van der Waals surface area contributed by atoms with Crippen LogP contribution in [0.4, 0.5) is 5.69 Å². The number of rotatable bonds is 7. The molecule has 0 aliphatic heterocycles. The number of ether oxygens (including phenoxy) is 2. The molecule has 25 heavy (non-hydrogen) atoms. The summed E-state index contributed by atoms with van der Waals surface area (Å²) in [6, 6.07) is 15.4. The van der Waals surface area contributed by atoms with Gasteiger partial charge in [0.05, 0.1) is 21.3 Å². The molecule has 5 nitrogen and oxygen atoms in total. The fourth-order valence-electron chi connectivity index (χ4n) is 2.75. The third-order valence-electron chi connectivity index (χ3n) is 4.51. The van der Waals surface area contributed by atoms with E-state index in [1.807, 2.05) is 69.6 Å². The van der Waals surface area contributed by atoms with Crippen molar-refractivity contribution in [2.24, 2.45) is 0 Å². The van der Waals surface area contributed by atoms with E-state index in [1.165, 1.54) is 0 Å². The first-order chi connectivity index (χ1) is 12.0. The van der Waals surface area contributed by atoms with Gasteiger partial charge < -0.3 is 19.3 Å². The number of para-hydroxylation sites is 1. The molecule has 0 aromatic heterocycles. The molecular formula is C20H27N2O3+. The summed E-state index contributed by atoms with van der Waals surface area (Å²) >= 11 is 0. The van der Waals surface area contributed by atoms with Crippen LogP contribution in [0.5, 0.6) is 11.5 Å². The molecular weight excluding hydrogens is 316 g/mol. The average Bonchev–Trinajstić information content (AvgIpc) is 2.66. The molecule has 2 rings (SSSR count). The zero-order valence-corrected chi connectivity index (χ0v) is 15.6. The van der Waals surface area contributed by atoms with Crippen molar-refractivity contribution in [3.05, 3.63) is 54.1 Å². The van der Waals surface area contributed by atoms with Crippen LogP contribution in [-0.2, 0) is 11.3 Å². The maximum absolute atomic E-state index is 12.8. The molecule has 2 aromatic carbocycles. The van der Waals surface area contributed by atoms with Gasteiger partial charge in [-0.1, -0.05) is 18.2 Å². The van der Waals surface area contributed by atoms with Gasteiger partial charge in [-0.15, -0.1) is 0 Å². The molecule has 1 unspecified atom stereocenters. The average molecular weight is 343 g/mol. The van der Waals surface area contributed by atoms with E-state index in [1.54, 1.807) is 19.1 Å². The molecule has 1 amide bonds. The first-order valence-electron chi connectivity index (χ1n) is 8.33. The van der Waals surface area contributed by atoms with Crippen molar-refractivity contribution in [2.45, 2.75) is 19.5 Å². The summed E-state index contributed by atoms with van der Waals surface area (Å²) in [5.41, 5.74) is 2.00. The van der Waals surface area contributed by atoms with E-state index in [4.69, 9.17) is 9.47 Å². The van der Waals surface area contributed by atoms with Gasteiger partial charge in [-0.3, -0.25) is 4.79 Å². The number of amides is 1. The Labute approximate surface area is 149 Å². The van der Waals surface area contributed by atoms with E-state index in [0.29, 0.717) is 11.5 Å². The number of likely N-dealkylation sites (N-methyl/N-ethyl adjacent to an activating group) is 2. The first-order valence-corrected chi connectivity index (χ1v) is 8.33. The normalized spacial score (nSPS) is 13.0. The number of hydrogen-bond acceptors (Lipinski definition) is 3. The van der Waals surface area contributed by atoms with E-state index in [2.05, 4.69) is 0 Å². The van der Waals surface area contributed by atoms with E-state index < -0.39 is 0 Å². The monoisotopic (exact) mass is 343 g/mol. The molecule has 5 heteroatoms. The molecule has 0 bridgehead atoms. The van der Waals surface area contributed by atoms with Crippen molar-refractivity contribution in [1.29, 1.82) is 0 Å². The minimum absolute atomic E-state index is 0.0872. The van der Waals surface area contributed by atoms with Crippen molar-refractivity contribution in [3.63, 3.8) is 0 Å². The number of carbonyl (C=O) groups is 1. The lowest BCUT2D eigenvalue weighted by atomic mass is 10.1. The quantitative estimate of drug-likeness (QED) is 0.833. The summed E-state index contributed by atoms with van der Waals surface area (Å²) < 4.78 is 10.6. The van der Waals surface area contributed by atoms with Crippen molar-refractivity contribution in [3.8, 4) is 11.5 Å². The predicted octanol–water partition coefficient (Wildman–Crippen LogP) is 1.77. The fraction of sp³-hybridized carbons (Fsp3) is 0.350. The molecule has 0 spiro atoms. The highest BCUT2D eigenvalue weighted by Crippen LogP contribution is 2.27. The highest BCUT2D eigenvalue weighted by molar-refractivity contribution is 5.95. The van der Waals surface area contributed by atoms with Gasteiger partial charge in [-0.25, -0.2) is 0 Å². The van der Waals surface area contributed by atoms with Gasteiger partial charge >= 0.3 is 0 Å². The lowest BCUT2D eigenvalue weighted by Gasteiger charge is -2.26. The Morgan fingerprint density at radius 2 is 1.72 bits per heavy atom. The molecule has 0 saturated heterocycles. The summed E-state index contributed by atoms with van der Waals surface area (Å²) in [4.78, 5) is 15.6. The summed E-state index contributed by atoms with van der Waals surface area (Å²) in [6.07, 6.45) is 0. The van der Waals surface area contributed by atoms with Gasteiger partial charge in [0.1, 0.15) is 6.54 Å². The number of anilines is 1. The number of nitrogens with zero attached hydrogens (tertiary/aromatic N) is 1. The lowest BCUT2D eigenvalue weighted by molar-refractivity contribution is -0.908. The van der Waals surface area contributed by atoms with E-state index >= 15 is 0 Å². The van der Waals surface area contributed by atoms with Gasteiger partial charge in [0, 0.05) is 18.3 Å². The summed E-state index contributed by atoms with van der Waals surface area (Å²) in [5.74, 6) is 1.49. The number of methoxy groups -OCH3 is 2. The van der Waals surface area contributed by atoms with Crippen LogP contribution in [0.2, 0.25) is 0 Å². The highest BCUT2D eigenvalue weighted by Gasteiger charge is 2.26. The Bertz CT molecular complexity index is 703. The summed E-state index contributed by atoms with van der Waals surface area (Å²) in [5, 5.41) is 0. The predicted molar refractivity (Wildman–Crippen MR) is 99.5 cm³/mol. The Morgan fingerprint density at radius 1 is 1.08 bits per heavy atom. The van der Waals surface area contributed by atoms with Gasteiger partial charge in [-0.05, 0) is 37.3 Å². The van der Waals surface area contributed by atoms with Crippen LogP contribution in [0.15, 0.2) is 48.5 Å². The topological polar surface area (TPSA) is 43.2 Å². The number of quaternary nitrogens is 1. The van der Waals surface area contributed by atoms with Crippen LogP contribution >= 0.6 is 0 Å². The largest absolute Gasteiger partial charge is 0.493 e. The van der Waals surface area contributed by atoms with Crippen LogP contribution in [-0.4, -0.2) is 40.3 Å². The second-order valence-electron chi connectivity index (χ2n) is 6.17. The maximum Gasteiger partial charge on any atom is 0.284 e. The van der Waals surface area contributed by atoms with E-state index in [-0.39, 0.29) is 11.9 Å². The first kappa shape index (κ1) is 18.8. The fourth-order valence-corrected chi connectivity index (χ4v) is 2.75. The molecule has 1 N–H and O–H groups in total. The molecule has 2 atom stereocenters. The molecule has 0 aliphatic carbocycles. The van der Waals surface area contributed by atoms with E-state index in [0.717, 1.165) is 22.7 Å². The van der Waals surface area contributed by atoms with Crippen molar-refractivity contribution < 1.29 is 19.2 Å². The van der Waals surface area contributed by atoms with Crippen molar-refractivity contribution >= 4 is 11.6 Å². The number of carbonyl (C=O) groups excluding carboxylic acids is 1. The van der Waals surface area contributed by atoms with Gasteiger partial charge in [0.2, 0.25) is 0 Å². The summed E-state index contributed by atoms with van der Waals surface area (Å²) in [7, 11) is 7.09. The smallest absolute Gasteiger partial charge is 0.284 e. The Kier molecular flexibility index (Phi) is 6.42. The molecule has 134 valence electrons. The molecule has 2 aromatic rings. The third kappa shape index (κ3) is 4.51. The Morgan fingerprint density at radius 3 is 2.32 bits per heavy atom. The molecule has 0 saturated carbocycles. The summed E-state index contributed by atoms with van der Waals surface area (Å²) in [6.45, 7) is 2.67. The Balaban J connectivity index is 2.07. The highest BCUT2D eigenvalue weighted by atomic mass is 16.5. The molecule has 0 fully saturated rings. The number of benzene rings is 2. The second-order valence-corrected chi connectivity index (χ2v) is 6.17. The van der Waals surface area contributed by atoms with Crippen LogP contribution in [0.25, 0.3) is 0 Å². The van der Waals surface area contributed by atoms with Gasteiger partial charge in [0.15, 0.2) is 17.5 Å². The zero-order chi connectivity index (χ0) is 18.4. The van der Waals surface area contributed by atoms with Crippen molar-refractivity contribution in [1.82, 2.24) is 0 Å². The molecule has 0 aliphatic rings. The zero-order valence-electron chi connectivity index (χ0n) is 15.6. The van der Waals surface area contributed by atoms with Gasteiger partial charge in [-0.2, -0.15) is 0 Å². The van der Waals surface area contributed by atoms with Crippen molar-refractivity contribution in [2.75, 3.05) is 33.2 Å². The van der Waals surface area contributed by atoms with Crippen LogP contribution in [0.3, 0.4) is 0 Å². The molecule has 0 radical (unpaired) electrons. The minimum Gasteiger partial charge on any atom is -0.493 e. The van der Waals surface area contributed by atoms with Crippen LogP contribution in [0.1, 0.15) is 12.5 Å². The van der Waals surface area contributed by atoms with Crippen LogP contribution < -0.4 is 19.3 Å². The second kappa shape index (κ2) is 8.53. The standard InChI is InChI=1S/C20H26N2O3/c1-15(20(23)22(3)17-9-7-6-8-10-17)21(2)14-16-11-12-18(24-4)19(13-16)25-5/h6-13,15H,14H2,1-5H3/p+1/t15-/m1/s1. The van der Waals surface area contributed by atoms with Gasteiger partial charge in [0.25, 0.3) is 5.91 Å². The third-order valence-corrected chi connectivity index (χ3v) is 4.51. The molecule has 0 heterocycles. The Hall–Kier alpha value is -2.53. The SMILES string of the molecule is COc1ccc(C[NH+](C)[C@H](C)C(=O)N(C)c2ccccc2)cc1OC. The maximum atomic E-state index is 12.8.